The minimum absolute atomic E-state index is 0.592. The molecule has 1 aromatic carbocycles. The predicted octanol–water partition coefficient (Wildman–Crippen LogP) is 3.19. The smallest absolute Gasteiger partial charge is 0.217 e. The summed E-state index contributed by atoms with van der Waals surface area (Å²) in [5.74, 6) is 1.02. The number of likely N-dealkylation sites (N-methyl/N-ethyl adjacent to an activating group) is 1. The van der Waals surface area contributed by atoms with Crippen molar-refractivity contribution < 1.29 is 4.48 Å². The van der Waals surface area contributed by atoms with E-state index in [0.717, 1.165) is 17.1 Å². The van der Waals surface area contributed by atoms with Gasteiger partial charge in [0.2, 0.25) is 5.84 Å². The minimum atomic E-state index is 0.592. The van der Waals surface area contributed by atoms with Crippen LogP contribution in [0.4, 0.5) is 0 Å². The minimum Gasteiger partial charge on any atom is -0.217 e. The summed E-state index contributed by atoms with van der Waals surface area (Å²) in [6, 6.07) is 9.79. The van der Waals surface area contributed by atoms with Crippen LogP contribution in [-0.4, -0.2) is 17.4 Å². The molecule has 0 bridgehead atoms. The average molecular weight is 248 g/mol. The molecule has 2 aliphatic rings. The Morgan fingerprint density at radius 3 is 2.58 bits per heavy atom. The number of nitrogens with zero attached hydrogens (tertiary/aromatic N) is 3. The van der Waals surface area contributed by atoms with Crippen LogP contribution in [0.15, 0.2) is 59.4 Å². The van der Waals surface area contributed by atoms with E-state index in [1.807, 2.05) is 30.5 Å². The maximum atomic E-state index is 8.86. The molecule has 92 valence electrons. The normalized spacial score (nSPS) is 24.2. The highest BCUT2D eigenvalue weighted by molar-refractivity contribution is 5.96. The van der Waals surface area contributed by atoms with Crippen LogP contribution >= 0.6 is 0 Å². The van der Waals surface area contributed by atoms with E-state index in [2.05, 4.69) is 43.4 Å². The lowest BCUT2D eigenvalue weighted by molar-refractivity contribution is -0.681. The Kier molecular flexibility index (Phi) is 2.48. The van der Waals surface area contributed by atoms with Crippen molar-refractivity contribution >= 4 is 11.5 Å². The zero-order chi connectivity index (χ0) is 13.5. The Balaban J connectivity index is 2.04. The number of amidine groups is 1. The topological polar surface area (TPSA) is 36.1 Å². The van der Waals surface area contributed by atoms with Gasteiger partial charge in [0, 0.05) is 17.2 Å². The van der Waals surface area contributed by atoms with Crippen molar-refractivity contribution in [1.29, 1.82) is 5.26 Å². The second-order valence-electron chi connectivity index (χ2n) is 4.97. The molecule has 1 unspecified atom stereocenters. The Bertz CT molecular complexity index is 697. The molecule has 2 aliphatic heterocycles. The molecule has 3 rings (SSSR count). The van der Waals surface area contributed by atoms with Crippen LogP contribution in [0.1, 0.15) is 18.1 Å². The number of benzene rings is 1. The molecule has 0 radical (unpaired) electrons. The Labute approximate surface area is 112 Å². The summed E-state index contributed by atoms with van der Waals surface area (Å²) in [5.41, 5.74) is 4.13. The SMILES string of the molecule is CC1=C[N+]2(C)C(c3ccc(C#N)cc3)=CN=C2C=C1. The molecule has 0 N–H and O–H groups in total. The molecule has 1 aromatic rings. The standard InChI is InChI=1S/C16H14N3/c1-12-3-8-16-18-10-15(19(16,2)11-12)14-6-4-13(9-17)5-7-14/h3-8,10-11H,1-2H3/q+1. The molecule has 0 aliphatic carbocycles. The number of rotatable bonds is 1. The molecule has 0 aromatic heterocycles. The Morgan fingerprint density at radius 2 is 1.89 bits per heavy atom. The molecule has 3 heteroatoms. The average Bonchev–Trinajstić information content (AvgIpc) is 2.75. The van der Waals surface area contributed by atoms with Crippen LogP contribution in [0, 0.1) is 11.3 Å². The summed E-state index contributed by atoms with van der Waals surface area (Å²) in [6.45, 7) is 2.09. The van der Waals surface area contributed by atoms with Gasteiger partial charge < -0.3 is 0 Å². The second kappa shape index (κ2) is 4.04. The summed E-state index contributed by atoms with van der Waals surface area (Å²) < 4.78 is 0.592. The first-order valence-electron chi connectivity index (χ1n) is 6.17. The highest BCUT2D eigenvalue weighted by atomic mass is 15.4. The monoisotopic (exact) mass is 248 g/mol. The molecule has 0 amide bonds. The van der Waals surface area contributed by atoms with Gasteiger partial charge in [-0.05, 0) is 37.3 Å². The van der Waals surface area contributed by atoms with Crippen LogP contribution in [0.5, 0.6) is 0 Å². The molecular formula is C16H14N3+. The third-order valence-electron chi connectivity index (χ3n) is 3.56. The summed E-state index contributed by atoms with van der Waals surface area (Å²) in [7, 11) is 2.13. The van der Waals surface area contributed by atoms with Crippen LogP contribution in [-0.2, 0) is 0 Å². The lowest BCUT2D eigenvalue weighted by Crippen LogP contribution is -2.40. The zero-order valence-corrected chi connectivity index (χ0v) is 11.0. The van der Waals surface area contributed by atoms with Crippen molar-refractivity contribution in [3.8, 4) is 6.07 Å². The van der Waals surface area contributed by atoms with Gasteiger partial charge in [-0.1, -0.05) is 0 Å². The predicted molar refractivity (Wildman–Crippen MR) is 75.7 cm³/mol. The van der Waals surface area contributed by atoms with E-state index in [0.29, 0.717) is 10.0 Å². The molecule has 19 heavy (non-hydrogen) atoms. The van der Waals surface area contributed by atoms with Crippen molar-refractivity contribution in [3.05, 3.63) is 65.5 Å². The fourth-order valence-electron chi connectivity index (χ4n) is 2.54. The molecule has 0 saturated carbocycles. The summed E-state index contributed by atoms with van der Waals surface area (Å²) in [4.78, 5) is 4.49. The van der Waals surface area contributed by atoms with Gasteiger partial charge in [0.1, 0.15) is 6.20 Å². The number of quaternary nitrogens is 1. The maximum absolute atomic E-state index is 8.86. The number of hydrogen-bond donors (Lipinski definition) is 0. The molecule has 2 heterocycles. The maximum Gasteiger partial charge on any atom is 0.237 e. The molecular weight excluding hydrogens is 234 g/mol. The van der Waals surface area contributed by atoms with E-state index in [9.17, 15) is 0 Å². The van der Waals surface area contributed by atoms with Crippen molar-refractivity contribution in [2.24, 2.45) is 4.99 Å². The van der Waals surface area contributed by atoms with E-state index < -0.39 is 0 Å². The van der Waals surface area contributed by atoms with Crippen molar-refractivity contribution in [1.82, 2.24) is 0 Å². The Hall–Kier alpha value is -2.44. The molecule has 0 fully saturated rings. The first-order valence-corrected chi connectivity index (χ1v) is 6.17. The summed E-state index contributed by atoms with van der Waals surface area (Å²) in [5, 5.41) is 8.86. The first-order chi connectivity index (χ1) is 9.13. The quantitative estimate of drug-likeness (QED) is 0.703. The number of allylic oxidation sites excluding steroid dienone is 2. The van der Waals surface area contributed by atoms with Gasteiger partial charge in [0.05, 0.1) is 24.9 Å². The van der Waals surface area contributed by atoms with Gasteiger partial charge in [0.25, 0.3) is 0 Å². The van der Waals surface area contributed by atoms with E-state index in [-0.39, 0.29) is 0 Å². The second-order valence-corrected chi connectivity index (χ2v) is 4.97. The molecule has 0 spiro atoms. The molecule has 3 nitrogen and oxygen atoms in total. The van der Waals surface area contributed by atoms with E-state index in [1.54, 1.807) is 0 Å². The number of fused-ring (bicyclic) bond motifs is 1. The van der Waals surface area contributed by atoms with E-state index in [4.69, 9.17) is 5.26 Å². The number of nitriles is 1. The van der Waals surface area contributed by atoms with Gasteiger partial charge in [-0.25, -0.2) is 4.48 Å². The highest BCUT2D eigenvalue weighted by Crippen LogP contribution is 2.35. The molecule has 0 saturated heterocycles. The van der Waals surface area contributed by atoms with E-state index in [1.165, 1.54) is 5.57 Å². The third-order valence-corrected chi connectivity index (χ3v) is 3.56. The van der Waals surface area contributed by atoms with Crippen molar-refractivity contribution in [2.75, 3.05) is 7.05 Å². The van der Waals surface area contributed by atoms with Crippen LogP contribution < -0.4 is 0 Å². The summed E-state index contributed by atoms with van der Waals surface area (Å²) in [6.07, 6.45) is 8.24. The van der Waals surface area contributed by atoms with Crippen LogP contribution in [0.3, 0.4) is 0 Å². The highest BCUT2D eigenvalue weighted by Gasteiger charge is 2.38. The fraction of sp³-hybridized carbons (Fsp3) is 0.125. The number of hydrogen-bond acceptors (Lipinski definition) is 2. The zero-order valence-electron chi connectivity index (χ0n) is 11.0. The van der Waals surface area contributed by atoms with Gasteiger partial charge in [-0.3, -0.25) is 0 Å². The first kappa shape index (κ1) is 11.6. The van der Waals surface area contributed by atoms with Crippen LogP contribution in [0.2, 0.25) is 0 Å². The van der Waals surface area contributed by atoms with E-state index >= 15 is 0 Å². The van der Waals surface area contributed by atoms with Crippen LogP contribution in [0.25, 0.3) is 5.70 Å². The fourth-order valence-corrected chi connectivity index (χ4v) is 2.54. The van der Waals surface area contributed by atoms with Crippen molar-refractivity contribution in [3.63, 3.8) is 0 Å². The van der Waals surface area contributed by atoms with Gasteiger partial charge in [0.15, 0.2) is 5.70 Å². The lowest BCUT2D eigenvalue weighted by atomic mass is 10.1. The van der Waals surface area contributed by atoms with Gasteiger partial charge >= 0.3 is 0 Å². The van der Waals surface area contributed by atoms with Gasteiger partial charge in [-0.15, -0.1) is 0 Å². The van der Waals surface area contributed by atoms with Crippen molar-refractivity contribution in [2.45, 2.75) is 6.92 Å². The molecule has 1 atom stereocenters. The summed E-state index contributed by atoms with van der Waals surface area (Å²) >= 11 is 0. The number of aliphatic imine (C=N–C) groups is 1. The Morgan fingerprint density at radius 1 is 1.16 bits per heavy atom. The lowest BCUT2D eigenvalue weighted by Gasteiger charge is -2.29. The van der Waals surface area contributed by atoms with Gasteiger partial charge in [-0.2, -0.15) is 10.3 Å². The third kappa shape index (κ3) is 1.74. The largest absolute Gasteiger partial charge is 0.237 e.